The minimum absolute atomic E-state index is 0. The number of ketones is 1. The number of halogens is 1. The molecule has 0 amide bonds. The second-order valence-corrected chi connectivity index (χ2v) is 7.24. The third-order valence-electron chi connectivity index (χ3n) is 4.30. The van der Waals surface area contributed by atoms with Crippen LogP contribution in [0.3, 0.4) is 0 Å². The zero-order valence-corrected chi connectivity index (χ0v) is 16.8. The van der Waals surface area contributed by atoms with Gasteiger partial charge in [0, 0.05) is 23.2 Å². The van der Waals surface area contributed by atoms with Gasteiger partial charge >= 0.3 is 0 Å². The van der Waals surface area contributed by atoms with Crippen LogP contribution in [0, 0.1) is 5.41 Å². The van der Waals surface area contributed by atoms with Gasteiger partial charge in [-0.05, 0) is 18.6 Å². The minimum atomic E-state index is -0.129. The summed E-state index contributed by atoms with van der Waals surface area (Å²) in [7, 11) is 0. The number of aryl methyl sites for hydroxylation is 1. The zero-order valence-electron chi connectivity index (χ0n) is 15.0. The molecule has 3 heterocycles. The molecule has 0 aliphatic carbocycles. The van der Waals surface area contributed by atoms with Gasteiger partial charge in [-0.15, -0.1) is 17.0 Å². The molecule has 0 saturated carbocycles. The predicted molar refractivity (Wildman–Crippen MR) is 103 cm³/mol. The van der Waals surface area contributed by atoms with E-state index in [0.717, 1.165) is 23.4 Å². The zero-order chi connectivity index (χ0) is 17.5. The van der Waals surface area contributed by atoms with E-state index in [0.29, 0.717) is 23.6 Å². The molecule has 0 atom stereocenters. The van der Waals surface area contributed by atoms with Gasteiger partial charge in [-0.25, -0.2) is 4.98 Å². The number of pyridine rings is 1. The number of Topliss-reactive ketones (excluding diaryl/α,β-unsaturated/α-hetero) is 1. The molecular formula is C19H24BrN3O2. The van der Waals surface area contributed by atoms with Crippen LogP contribution in [-0.2, 0) is 18.4 Å². The van der Waals surface area contributed by atoms with Crippen molar-refractivity contribution in [3.63, 3.8) is 0 Å². The van der Waals surface area contributed by atoms with Crippen LogP contribution in [0.2, 0.25) is 0 Å². The summed E-state index contributed by atoms with van der Waals surface area (Å²) < 4.78 is 5.53. The lowest BCUT2D eigenvalue weighted by atomic mass is 9.93. The second-order valence-electron chi connectivity index (χ2n) is 7.24. The first-order valence-corrected chi connectivity index (χ1v) is 8.24. The smallest absolute Gasteiger partial charge is 0.185 e. The molecule has 0 aromatic carbocycles. The number of nitrogens with zero attached hydrogens (tertiary/aromatic N) is 2. The summed E-state index contributed by atoms with van der Waals surface area (Å²) in [5.74, 6) is 1.08. The van der Waals surface area contributed by atoms with Gasteiger partial charge in [0.2, 0.25) is 0 Å². The fraction of sp³-hybridized carbons (Fsp3) is 0.421. The Morgan fingerprint density at radius 1 is 1.36 bits per heavy atom. The summed E-state index contributed by atoms with van der Waals surface area (Å²) in [5.41, 5.74) is 3.11. The van der Waals surface area contributed by atoms with Crippen LogP contribution in [0.15, 0.2) is 28.9 Å². The van der Waals surface area contributed by atoms with Gasteiger partial charge in [-0.1, -0.05) is 33.8 Å². The molecular weight excluding hydrogens is 382 g/mol. The first-order valence-electron chi connectivity index (χ1n) is 8.24. The summed E-state index contributed by atoms with van der Waals surface area (Å²) >= 11 is 0. The number of rotatable bonds is 4. The van der Waals surface area contributed by atoms with Crippen molar-refractivity contribution in [1.29, 1.82) is 5.41 Å². The van der Waals surface area contributed by atoms with Gasteiger partial charge in [-0.3, -0.25) is 10.2 Å². The van der Waals surface area contributed by atoms with Crippen LogP contribution in [-0.4, -0.2) is 28.0 Å². The van der Waals surface area contributed by atoms with Crippen molar-refractivity contribution in [2.45, 2.75) is 46.1 Å². The lowest BCUT2D eigenvalue weighted by Gasteiger charge is -2.16. The maximum atomic E-state index is 12.5. The number of nitrogens with one attached hydrogen (secondary N) is 1. The average molecular weight is 406 g/mol. The number of carbonyl (C=O) groups excluding carboxylic acids is 1. The molecule has 2 aromatic heterocycles. The Kier molecular flexibility index (Phi) is 5.52. The highest BCUT2D eigenvalue weighted by atomic mass is 79.9. The van der Waals surface area contributed by atoms with E-state index in [1.165, 1.54) is 6.26 Å². The monoisotopic (exact) mass is 405 g/mol. The number of aromatic nitrogens is 1. The van der Waals surface area contributed by atoms with Crippen LogP contribution in [0.4, 0.5) is 0 Å². The number of carbonyl (C=O) groups is 1. The summed E-state index contributed by atoms with van der Waals surface area (Å²) in [6.45, 7) is 8.90. The first kappa shape index (κ1) is 19.4. The summed E-state index contributed by atoms with van der Waals surface area (Å²) in [6, 6.07) is 5.81. The summed E-state index contributed by atoms with van der Waals surface area (Å²) in [6.07, 6.45) is 2.35. The summed E-state index contributed by atoms with van der Waals surface area (Å²) in [4.78, 5) is 18.8. The van der Waals surface area contributed by atoms with Crippen LogP contribution < -0.4 is 0 Å². The first-order chi connectivity index (χ1) is 11.3. The highest BCUT2D eigenvalue weighted by Crippen LogP contribution is 2.26. The maximum Gasteiger partial charge on any atom is 0.185 e. The van der Waals surface area contributed by atoms with Crippen LogP contribution in [0.5, 0.6) is 0 Å². The van der Waals surface area contributed by atoms with Crippen molar-refractivity contribution < 1.29 is 9.21 Å². The van der Waals surface area contributed by atoms with E-state index in [2.05, 4.69) is 4.98 Å². The van der Waals surface area contributed by atoms with Crippen LogP contribution in [0.25, 0.3) is 0 Å². The van der Waals surface area contributed by atoms with Gasteiger partial charge in [0.15, 0.2) is 5.78 Å². The highest BCUT2D eigenvalue weighted by molar-refractivity contribution is 8.93. The number of hydrogen-bond acceptors (Lipinski definition) is 4. The van der Waals surface area contributed by atoms with E-state index in [9.17, 15) is 4.79 Å². The Morgan fingerprint density at radius 3 is 2.68 bits per heavy atom. The van der Waals surface area contributed by atoms with E-state index in [4.69, 9.17) is 9.83 Å². The fourth-order valence-corrected chi connectivity index (χ4v) is 2.77. The standard InChI is InChI=1S/C19H23N3O2.BrH/c1-5-14-7-6-12-9-22(18(20)17(12)21-14)10-15(23)13-8-16(24-11-13)19(2,3)4;/h6-8,11,20H,5,9-10H2,1-4H3;1H. The Labute approximate surface area is 158 Å². The summed E-state index contributed by atoms with van der Waals surface area (Å²) in [5, 5.41) is 8.31. The van der Waals surface area contributed by atoms with Crippen molar-refractivity contribution in [3.05, 3.63) is 52.7 Å². The number of fused-ring (bicyclic) bond motifs is 1. The van der Waals surface area contributed by atoms with E-state index >= 15 is 0 Å². The number of amidine groups is 1. The molecule has 0 spiro atoms. The molecule has 2 aromatic rings. The number of hydrogen-bond donors (Lipinski definition) is 1. The molecule has 0 fully saturated rings. The molecule has 1 N–H and O–H groups in total. The quantitative estimate of drug-likeness (QED) is 0.775. The Balaban J connectivity index is 0.00000225. The number of furan rings is 1. The molecule has 25 heavy (non-hydrogen) atoms. The molecule has 0 unspecified atom stereocenters. The van der Waals surface area contributed by atoms with E-state index < -0.39 is 0 Å². The van der Waals surface area contributed by atoms with Gasteiger partial charge in [0.25, 0.3) is 0 Å². The second kappa shape index (κ2) is 7.12. The van der Waals surface area contributed by atoms with Crippen molar-refractivity contribution in [3.8, 4) is 0 Å². The van der Waals surface area contributed by atoms with Crippen LogP contribution in [0.1, 0.15) is 60.8 Å². The predicted octanol–water partition coefficient (Wildman–Crippen LogP) is 4.14. The van der Waals surface area contributed by atoms with Gasteiger partial charge in [0.05, 0.1) is 12.1 Å². The van der Waals surface area contributed by atoms with E-state index in [1.807, 2.05) is 45.9 Å². The SMILES string of the molecule is Br.CCc1ccc2c(n1)C(=N)N(CC(=O)c1coc(C(C)(C)C)c1)C2. The minimum Gasteiger partial charge on any atom is -0.468 e. The third-order valence-corrected chi connectivity index (χ3v) is 4.30. The van der Waals surface area contributed by atoms with E-state index in [-0.39, 0.29) is 34.7 Å². The molecule has 6 heteroatoms. The van der Waals surface area contributed by atoms with Gasteiger partial charge < -0.3 is 9.32 Å². The van der Waals surface area contributed by atoms with E-state index in [1.54, 1.807) is 4.90 Å². The Bertz CT molecular complexity index is 805. The fourth-order valence-electron chi connectivity index (χ4n) is 2.77. The Hall–Kier alpha value is -1.95. The maximum absolute atomic E-state index is 12.5. The molecule has 0 bridgehead atoms. The molecule has 3 rings (SSSR count). The van der Waals surface area contributed by atoms with Crippen molar-refractivity contribution in [2.24, 2.45) is 0 Å². The highest BCUT2D eigenvalue weighted by Gasteiger charge is 2.28. The Morgan fingerprint density at radius 2 is 2.08 bits per heavy atom. The van der Waals surface area contributed by atoms with Gasteiger partial charge in [0.1, 0.15) is 23.6 Å². The topological polar surface area (TPSA) is 70.2 Å². The average Bonchev–Trinajstić information content (AvgIpc) is 3.13. The van der Waals surface area contributed by atoms with Crippen molar-refractivity contribution in [1.82, 2.24) is 9.88 Å². The third kappa shape index (κ3) is 3.84. The lowest BCUT2D eigenvalue weighted by Crippen LogP contribution is -2.30. The molecule has 5 nitrogen and oxygen atoms in total. The molecule has 0 radical (unpaired) electrons. The molecule has 1 aliphatic rings. The normalized spacial score (nSPS) is 13.6. The molecule has 0 saturated heterocycles. The van der Waals surface area contributed by atoms with Gasteiger partial charge in [-0.2, -0.15) is 0 Å². The van der Waals surface area contributed by atoms with Crippen molar-refractivity contribution >= 4 is 28.6 Å². The largest absolute Gasteiger partial charge is 0.468 e. The van der Waals surface area contributed by atoms with Crippen LogP contribution >= 0.6 is 17.0 Å². The van der Waals surface area contributed by atoms with Crippen molar-refractivity contribution in [2.75, 3.05) is 6.54 Å². The molecule has 134 valence electrons. The lowest BCUT2D eigenvalue weighted by molar-refractivity contribution is 0.0962. The molecule has 1 aliphatic heterocycles.